The quantitative estimate of drug-likeness (QED) is 0.720. The molecule has 0 bridgehead atoms. The molecule has 0 unspecified atom stereocenters. The molecule has 2 aromatic rings. The van der Waals surface area contributed by atoms with Crippen LogP contribution in [0.5, 0.6) is 5.75 Å². The fourth-order valence-corrected chi connectivity index (χ4v) is 3.87. The number of aryl methyl sites for hydroxylation is 1. The van der Waals surface area contributed by atoms with E-state index in [1.807, 2.05) is 31.2 Å². The number of hydrogen-bond donors (Lipinski definition) is 1. The molecule has 1 saturated heterocycles. The number of rotatable bonds is 6. The number of nitrogens with zero attached hydrogens (tertiary/aromatic N) is 1. The van der Waals surface area contributed by atoms with E-state index < -0.39 is 5.97 Å². The highest BCUT2D eigenvalue weighted by Crippen LogP contribution is 2.32. The summed E-state index contributed by atoms with van der Waals surface area (Å²) in [5.74, 6) is 0.00518. The maximum atomic E-state index is 11.1. The van der Waals surface area contributed by atoms with Gasteiger partial charge in [0.1, 0.15) is 12.4 Å². The Bertz CT molecular complexity index is 810. The lowest BCUT2D eigenvalue weighted by Gasteiger charge is -2.27. The molecule has 0 amide bonds. The summed E-state index contributed by atoms with van der Waals surface area (Å²) in [5, 5.41) is 10.3. The molecule has 0 saturated carbocycles. The Morgan fingerprint density at radius 2 is 2.08 bits per heavy atom. The standard InChI is InChI=1S/C20H21Cl2NO3/c1-13-9-17(26-12-14-4-5-15(21)10-18(14)22)6-7-19(13)23-8-2-3-16(23)11-20(24)25/h4-7,9-10,16H,2-3,8,11-12H2,1H3,(H,24,25)/t16-/m0/s1. The van der Waals surface area contributed by atoms with E-state index in [1.54, 1.807) is 12.1 Å². The van der Waals surface area contributed by atoms with Gasteiger partial charge in [0, 0.05) is 33.9 Å². The molecule has 1 aliphatic rings. The Morgan fingerprint density at radius 1 is 1.27 bits per heavy atom. The summed E-state index contributed by atoms with van der Waals surface area (Å²) < 4.78 is 5.86. The van der Waals surface area contributed by atoms with Crippen molar-refractivity contribution in [3.63, 3.8) is 0 Å². The molecule has 0 spiro atoms. The highest BCUT2D eigenvalue weighted by Gasteiger charge is 2.27. The predicted octanol–water partition coefficient (Wildman–Crippen LogP) is 5.32. The first-order valence-corrected chi connectivity index (χ1v) is 9.35. The van der Waals surface area contributed by atoms with Gasteiger partial charge in [-0.05, 0) is 55.7 Å². The Kier molecular flexibility index (Phi) is 5.94. The largest absolute Gasteiger partial charge is 0.489 e. The molecule has 26 heavy (non-hydrogen) atoms. The molecule has 1 N–H and O–H groups in total. The molecule has 0 radical (unpaired) electrons. The minimum absolute atomic E-state index is 0.0610. The number of carboxylic acid groups (broad SMARTS) is 1. The van der Waals surface area contributed by atoms with Crippen molar-refractivity contribution in [3.8, 4) is 5.75 Å². The van der Waals surface area contributed by atoms with Gasteiger partial charge in [0.05, 0.1) is 6.42 Å². The van der Waals surface area contributed by atoms with E-state index >= 15 is 0 Å². The summed E-state index contributed by atoms with van der Waals surface area (Å²) in [6.07, 6.45) is 2.11. The highest BCUT2D eigenvalue weighted by molar-refractivity contribution is 6.35. The summed E-state index contributed by atoms with van der Waals surface area (Å²) in [6.45, 7) is 3.27. The van der Waals surface area contributed by atoms with Crippen LogP contribution in [-0.4, -0.2) is 23.7 Å². The third-order valence-corrected chi connectivity index (χ3v) is 5.26. The average Bonchev–Trinajstić information content (AvgIpc) is 3.01. The summed E-state index contributed by atoms with van der Waals surface area (Å²) in [7, 11) is 0. The third kappa shape index (κ3) is 4.43. The van der Waals surface area contributed by atoms with Gasteiger partial charge in [0.15, 0.2) is 0 Å². The van der Waals surface area contributed by atoms with E-state index in [4.69, 9.17) is 33.0 Å². The number of aliphatic carboxylic acids is 1. The molecule has 1 fully saturated rings. The number of halogens is 2. The first-order valence-electron chi connectivity index (χ1n) is 8.60. The maximum absolute atomic E-state index is 11.1. The van der Waals surface area contributed by atoms with Gasteiger partial charge in [-0.15, -0.1) is 0 Å². The third-order valence-electron chi connectivity index (χ3n) is 4.67. The number of benzene rings is 2. The van der Waals surface area contributed by atoms with E-state index in [0.29, 0.717) is 16.7 Å². The lowest BCUT2D eigenvalue weighted by Crippen LogP contribution is -2.31. The van der Waals surface area contributed by atoms with Crippen LogP contribution in [0.25, 0.3) is 0 Å². The lowest BCUT2D eigenvalue weighted by molar-refractivity contribution is -0.137. The van der Waals surface area contributed by atoms with Crippen LogP contribution < -0.4 is 9.64 Å². The van der Waals surface area contributed by atoms with E-state index in [9.17, 15) is 4.79 Å². The molecular weight excluding hydrogens is 373 g/mol. The van der Waals surface area contributed by atoms with Crippen molar-refractivity contribution in [2.24, 2.45) is 0 Å². The molecule has 1 heterocycles. The topological polar surface area (TPSA) is 49.8 Å². The van der Waals surface area contributed by atoms with Crippen LogP contribution in [0.15, 0.2) is 36.4 Å². The van der Waals surface area contributed by atoms with E-state index in [2.05, 4.69) is 4.90 Å². The minimum atomic E-state index is -0.751. The maximum Gasteiger partial charge on any atom is 0.305 e. The molecule has 6 heteroatoms. The van der Waals surface area contributed by atoms with E-state index in [-0.39, 0.29) is 12.5 Å². The molecule has 138 valence electrons. The summed E-state index contributed by atoms with van der Waals surface area (Å²) in [4.78, 5) is 13.3. The zero-order chi connectivity index (χ0) is 18.7. The van der Waals surface area contributed by atoms with Crippen molar-refractivity contribution < 1.29 is 14.6 Å². The smallest absolute Gasteiger partial charge is 0.305 e. The number of carboxylic acids is 1. The molecule has 3 rings (SSSR count). The Morgan fingerprint density at radius 3 is 2.77 bits per heavy atom. The van der Waals surface area contributed by atoms with Gasteiger partial charge in [-0.3, -0.25) is 4.79 Å². The first kappa shape index (κ1) is 18.9. The summed E-state index contributed by atoms with van der Waals surface area (Å²) >= 11 is 12.1. The van der Waals surface area contributed by atoms with E-state index in [1.165, 1.54) is 0 Å². The normalized spacial score (nSPS) is 16.7. The first-order chi connectivity index (χ1) is 12.4. The molecule has 1 aliphatic heterocycles. The van der Waals surface area contributed by atoms with Crippen LogP contribution in [0, 0.1) is 6.92 Å². The fraction of sp³-hybridized carbons (Fsp3) is 0.350. The summed E-state index contributed by atoms with van der Waals surface area (Å²) in [5.41, 5.74) is 3.02. The van der Waals surface area contributed by atoms with Crippen molar-refractivity contribution in [1.29, 1.82) is 0 Å². The number of ether oxygens (including phenoxy) is 1. The van der Waals surface area contributed by atoms with Crippen molar-refractivity contribution in [3.05, 3.63) is 57.6 Å². The zero-order valence-corrected chi connectivity index (χ0v) is 16.1. The second kappa shape index (κ2) is 8.19. The molecule has 0 aromatic heterocycles. The van der Waals surface area contributed by atoms with Gasteiger partial charge in [0.25, 0.3) is 0 Å². The minimum Gasteiger partial charge on any atom is -0.489 e. The number of carbonyl (C=O) groups is 1. The predicted molar refractivity (Wildman–Crippen MR) is 105 cm³/mol. The zero-order valence-electron chi connectivity index (χ0n) is 14.5. The second-order valence-corrected chi connectivity index (χ2v) is 7.40. The van der Waals surface area contributed by atoms with Crippen molar-refractivity contribution in [1.82, 2.24) is 0 Å². The van der Waals surface area contributed by atoms with Crippen LogP contribution in [0.2, 0.25) is 10.0 Å². The van der Waals surface area contributed by atoms with Crippen LogP contribution >= 0.6 is 23.2 Å². The van der Waals surface area contributed by atoms with Gasteiger partial charge >= 0.3 is 5.97 Å². The monoisotopic (exact) mass is 393 g/mol. The van der Waals surface area contributed by atoms with Gasteiger partial charge in [-0.25, -0.2) is 0 Å². The van der Waals surface area contributed by atoms with Crippen molar-refractivity contribution in [2.45, 2.75) is 38.8 Å². The van der Waals surface area contributed by atoms with Gasteiger partial charge in [-0.2, -0.15) is 0 Å². The molecule has 2 aromatic carbocycles. The Labute approximate surface area is 163 Å². The Hall–Kier alpha value is -1.91. The van der Waals surface area contributed by atoms with Crippen LogP contribution in [0.4, 0.5) is 5.69 Å². The van der Waals surface area contributed by atoms with Crippen molar-refractivity contribution in [2.75, 3.05) is 11.4 Å². The van der Waals surface area contributed by atoms with Crippen LogP contribution in [0.1, 0.15) is 30.4 Å². The fourth-order valence-electron chi connectivity index (χ4n) is 3.41. The highest BCUT2D eigenvalue weighted by atomic mass is 35.5. The number of hydrogen-bond acceptors (Lipinski definition) is 3. The van der Waals surface area contributed by atoms with Crippen LogP contribution in [-0.2, 0) is 11.4 Å². The molecule has 4 nitrogen and oxygen atoms in total. The van der Waals surface area contributed by atoms with Crippen LogP contribution in [0.3, 0.4) is 0 Å². The SMILES string of the molecule is Cc1cc(OCc2ccc(Cl)cc2Cl)ccc1N1CCC[C@H]1CC(=O)O. The van der Waals surface area contributed by atoms with Gasteiger partial charge in [-0.1, -0.05) is 29.3 Å². The second-order valence-electron chi connectivity index (χ2n) is 6.56. The van der Waals surface area contributed by atoms with Gasteiger partial charge in [0.2, 0.25) is 0 Å². The van der Waals surface area contributed by atoms with Gasteiger partial charge < -0.3 is 14.7 Å². The number of anilines is 1. The molecule has 0 aliphatic carbocycles. The molecular formula is C20H21Cl2NO3. The Balaban J connectivity index is 1.70. The van der Waals surface area contributed by atoms with Crippen molar-refractivity contribution >= 4 is 34.9 Å². The average molecular weight is 394 g/mol. The van der Waals surface area contributed by atoms with E-state index in [0.717, 1.165) is 42.0 Å². The summed E-state index contributed by atoms with van der Waals surface area (Å²) in [6, 6.07) is 11.3. The lowest BCUT2D eigenvalue weighted by atomic mass is 10.1. The molecule has 1 atom stereocenters.